The van der Waals surface area contributed by atoms with E-state index in [-0.39, 0.29) is 0 Å². The Morgan fingerprint density at radius 1 is 1.31 bits per heavy atom. The van der Waals surface area contributed by atoms with Crippen LogP contribution in [-0.2, 0) is 12.0 Å². The second-order valence-electron chi connectivity index (χ2n) is 5.04. The lowest BCUT2D eigenvalue weighted by molar-refractivity contribution is 0.604. The summed E-state index contributed by atoms with van der Waals surface area (Å²) in [5.74, 6) is 1.25. The molecule has 0 spiro atoms. The van der Waals surface area contributed by atoms with Gasteiger partial charge in [0, 0.05) is 16.3 Å². The number of nitrogens with one attached hydrogen (secondary N) is 1. The molecule has 0 saturated heterocycles. The Morgan fingerprint density at radius 3 is 2.62 bits per heavy atom. The molecule has 1 aromatic heterocycles. The van der Waals surface area contributed by atoms with E-state index < -0.39 is 0 Å². The molecule has 1 aromatic rings. The van der Waals surface area contributed by atoms with Gasteiger partial charge in [-0.05, 0) is 42.5 Å². The summed E-state index contributed by atoms with van der Waals surface area (Å²) in [5.41, 5.74) is 0.293. The van der Waals surface area contributed by atoms with Gasteiger partial charge in [-0.2, -0.15) is 11.8 Å². The Morgan fingerprint density at radius 2 is 2.06 bits per heavy atom. The lowest BCUT2D eigenvalue weighted by atomic mass is 9.95. The zero-order chi connectivity index (χ0) is 12.0. The van der Waals surface area contributed by atoms with Crippen LogP contribution in [-0.4, -0.2) is 18.6 Å². The van der Waals surface area contributed by atoms with E-state index in [2.05, 4.69) is 44.5 Å². The summed E-state index contributed by atoms with van der Waals surface area (Å²) in [7, 11) is 0. The Balaban J connectivity index is 2.30. The lowest BCUT2D eigenvalue weighted by Crippen LogP contribution is -2.14. The third-order valence-electron chi connectivity index (χ3n) is 2.40. The molecule has 0 fully saturated rings. The highest BCUT2D eigenvalue weighted by Crippen LogP contribution is 2.29. The second kappa shape index (κ2) is 6.67. The van der Waals surface area contributed by atoms with Gasteiger partial charge in [-0.1, -0.05) is 20.8 Å². The van der Waals surface area contributed by atoms with Crippen LogP contribution in [0.4, 0.5) is 0 Å². The molecule has 16 heavy (non-hydrogen) atoms. The van der Waals surface area contributed by atoms with Crippen molar-refractivity contribution in [3.05, 3.63) is 21.9 Å². The predicted molar refractivity (Wildman–Crippen MR) is 77.7 cm³/mol. The van der Waals surface area contributed by atoms with Crippen molar-refractivity contribution < 1.29 is 0 Å². The van der Waals surface area contributed by atoms with E-state index in [0.717, 1.165) is 13.1 Å². The molecule has 1 nitrogen and oxygen atoms in total. The zero-order valence-electron chi connectivity index (χ0n) is 10.8. The van der Waals surface area contributed by atoms with Crippen LogP contribution in [0, 0.1) is 0 Å². The summed E-state index contributed by atoms with van der Waals surface area (Å²) < 4.78 is 0. The SMILES string of the molecule is CSCCCNCc1ccc(C(C)(C)C)s1. The third kappa shape index (κ3) is 4.89. The molecular formula is C13H23NS2. The van der Waals surface area contributed by atoms with Gasteiger partial charge in [0.1, 0.15) is 0 Å². The van der Waals surface area contributed by atoms with Crippen molar-refractivity contribution in [1.29, 1.82) is 0 Å². The molecule has 1 heterocycles. The van der Waals surface area contributed by atoms with Gasteiger partial charge in [-0.3, -0.25) is 0 Å². The molecule has 1 rings (SSSR count). The topological polar surface area (TPSA) is 12.0 Å². The average Bonchev–Trinajstić information content (AvgIpc) is 2.65. The van der Waals surface area contributed by atoms with Gasteiger partial charge in [-0.15, -0.1) is 11.3 Å². The van der Waals surface area contributed by atoms with Gasteiger partial charge in [0.25, 0.3) is 0 Å². The minimum atomic E-state index is 0.293. The fourth-order valence-corrected chi connectivity index (χ4v) is 2.90. The van der Waals surface area contributed by atoms with E-state index in [1.54, 1.807) is 0 Å². The van der Waals surface area contributed by atoms with Crippen molar-refractivity contribution in [2.45, 2.75) is 39.2 Å². The maximum Gasteiger partial charge on any atom is 0.0299 e. The maximum atomic E-state index is 3.50. The number of thioether (sulfide) groups is 1. The molecule has 0 amide bonds. The van der Waals surface area contributed by atoms with Crippen LogP contribution in [0.2, 0.25) is 0 Å². The average molecular weight is 257 g/mol. The van der Waals surface area contributed by atoms with Crippen LogP contribution in [0.5, 0.6) is 0 Å². The Labute approximate surface area is 108 Å². The number of hydrogen-bond donors (Lipinski definition) is 1. The molecule has 0 bridgehead atoms. The molecule has 0 radical (unpaired) electrons. The van der Waals surface area contributed by atoms with Crippen LogP contribution >= 0.6 is 23.1 Å². The van der Waals surface area contributed by atoms with Crippen LogP contribution < -0.4 is 5.32 Å². The van der Waals surface area contributed by atoms with Crippen LogP contribution in [0.25, 0.3) is 0 Å². The first-order valence-corrected chi connectivity index (χ1v) is 8.04. The highest BCUT2D eigenvalue weighted by Gasteiger charge is 2.15. The summed E-state index contributed by atoms with van der Waals surface area (Å²) in [6, 6.07) is 4.52. The predicted octanol–water partition coefficient (Wildman–Crippen LogP) is 3.89. The van der Waals surface area contributed by atoms with Gasteiger partial charge < -0.3 is 5.32 Å². The van der Waals surface area contributed by atoms with E-state index in [1.807, 2.05) is 23.1 Å². The van der Waals surface area contributed by atoms with Gasteiger partial charge in [0.2, 0.25) is 0 Å². The normalized spacial score (nSPS) is 12.0. The molecule has 0 unspecified atom stereocenters. The molecule has 0 aliphatic carbocycles. The molecule has 0 saturated carbocycles. The van der Waals surface area contributed by atoms with E-state index in [1.165, 1.54) is 21.9 Å². The monoisotopic (exact) mass is 257 g/mol. The largest absolute Gasteiger partial charge is 0.312 e. The highest BCUT2D eigenvalue weighted by atomic mass is 32.2. The van der Waals surface area contributed by atoms with Gasteiger partial charge in [-0.25, -0.2) is 0 Å². The number of rotatable bonds is 6. The first kappa shape index (κ1) is 14.1. The van der Waals surface area contributed by atoms with Gasteiger partial charge >= 0.3 is 0 Å². The van der Waals surface area contributed by atoms with Crippen molar-refractivity contribution in [3.63, 3.8) is 0 Å². The molecular weight excluding hydrogens is 234 g/mol. The van der Waals surface area contributed by atoms with Crippen molar-refractivity contribution in [2.24, 2.45) is 0 Å². The standard InChI is InChI=1S/C13H23NS2/c1-13(2,3)12-7-6-11(16-12)10-14-8-5-9-15-4/h6-7,14H,5,8-10H2,1-4H3. The first-order chi connectivity index (χ1) is 7.54. The molecule has 0 aliphatic rings. The van der Waals surface area contributed by atoms with E-state index >= 15 is 0 Å². The fourth-order valence-electron chi connectivity index (χ4n) is 1.43. The van der Waals surface area contributed by atoms with Gasteiger partial charge in [0.05, 0.1) is 0 Å². The molecule has 1 N–H and O–H groups in total. The quantitative estimate of drug-likeness (QED) is 0.776. The Kier molecular flexibility index (Phi) is 5.87. The number of hydrogen-bond acceptors (Lipinski definition) is 3. The van der Waals surface area contributed by atoms with Crippen molar-refractivity contribution in [2.75, 3.05) is 18.6 Å². The highest BCUT2D eigenvalue weighted by molar-refractivity contribution is 7.98. The number of thiophene rings is 1. The molecule has 0 atom stereocenters. The minimum Gasteiger partial charge on any atom is -0.312 e. The summed E-state index contributed by atoms with van der Waals surface area (Å²) >= 11 is 3.85. The van der Waals surface area contributed by atoms with Gasteiger partial charge in [0.15, 0.2) is 0 Å². The Hall–Kier alpha value is 0.01000. The summed E-state index contributed by atoms with van der Waals surface area (Å²) in [6.45, 7) is 8.97. The van der Waals surface area contributed by atoms with E-state index in [0.29, 0.717) is 5.41 Å². The van der Waals surface area contributed by atoms with Crippen LogP contribution in [0.3, 0.4) is 0 Å². The molecule has 0 aliphatic heterocycles. The van der Waals surface area contributed by atoms with Crippen LogP contribution in [0.15, 0.2) is 12.1 Å². The second-order valence-corrected chi connectivity index (χ2v) is 7.19. The fraction of sp³-hybridized carbons (Fsp3) is 0.692. The smallest absolute Gasteiger partial charge is 0.0299 e. The third-order valence-corrected chi connectivity index (χ3v) is 4.61. The molecule has 0 aromatic carbocycles. The first-order valence-electron chi connectivity index (χ1n) is 5.83. The molecule has 3 heteroatoms. The minimum absolute atomic E-state index is 0.293. The Bertz CT molecular complexity index is 299. The van der Waals surface area contributed by atoms with Crippen LogP contribution in [0.1, 0.15) is 36.9 Å². The zero-order valence-corrected chi connectivity index (χ0v) is 12.4. The summed E-state index contributed by atoms with van der Waals surface area (Å²) in [4.78, 5) is 2.93. The summed E-state index contributed by atoms with van der Waals surface area (Å²) in [6.07, 6.45) is 3.42. The van der Waals surface area contributed by atoms with Crippen molar-refractivity contribution in [3.8, 4) is 0 Å². The van der Waals surface area contributed by atoms with E-state index in [4.69, 9.17) is 0 Å². The van der Waals surface area contributed by atoms with Crippen molar-refractivity contribution >= 4 is 23.1 Å². The summed E-state index contributed by atoms with van der Waals surface area (Å²) in [5, 5.41) is 3.50. The lowest BCUT2D eigenvalue weighted by Gasteiger charge is -2.15. The van der Waals surface area contributed by atoms with E-state index in [9.17, 15) is 0 Å². The van der Waals surface area contributed by atoms with Crippen molar-refractivity contribution in [1.82, 2.24) is 5.32 Å². The maximum absolute atomic E-state index is 3.50. The molecule has 92 valence electrons.